The van der Waals surface area contributed by atoms with Crippen molar-refractivity contribution < 1.29 is 24.2 Å². The number of hydrogen-bond donors (Lipinski definition) is 1. The van der Waals surface area contributed by atoms with Gasteiger partial charge in [-0.1, -0.05) is 15.9 Å². The van der Waals surface area contributed by atoms with Crippen LogP contribution in [-0.4, -0.2) is 42.2 Å². The van der Waals surface area contributed by atoms with Gasteiger partial charge in [0.2, 0.25) is 0 Å². The first kappa shape index (κ1) is 13.4. The summed E-state index contributed by atoms with van der Waals surface area (Å²) in [4.78, 5) is 22.1. The highest BCUT2D eigenvalue weighted by molar-refractivity contribution is 9.09. The second-order valence-electron chi connectivity index (χ2n) is 2.72. The molecule has 5 nitrogen and oxygen atoms in total. The summed E-state index contributed by atoms with van der Waals surface area (Å²) in [6.45, 7) is 0. The van der Waals surface area contributed by atoms with Gasteiger partial charge in [0.05, 0.1) is 20.6 Å². The molecule has 0 fully saturated rings. The van der Waals surface area contributed by atoms with E-state index in [0.29, 0.717) is 5.33 Å². The van der Waals surface area contributed by atoms with Crippen molar-refractivity contribution in [2.75, 3.05) is 19.5 Å². The molecule has 0 amide bonds. The lowest BCUT2D eigenvalue weighted by atomic mass is 9.97. The summed E-state index contributed by atoms with van der Waals surface area (Å²) in [5.74, 6) is -1.49. The van der Waals surface area contributed by atoms with E-state index in [1.54, 1.807) is 0 Å². The molecule has 0 aliphatic rings. The van der Waals surface area contributed by atoms with Crippen molar-refractivity contribution >= 4 is 27.9 Å². The van der Waals surface area contributed by atoms with E-state index in [0.717, 1.165) is 7.11 Å². The third kappa shape index (κ3) is 3.63. The van der Waals surface area contributed by atoms with Crippen molar-refractivity contribution in [2.24, 2.45) is 0 Å². The molecular weight excluding hydrogens is 256 g/mol. The zero-order chi connectivity index (χ0) is 11.2. The molecule has 0 aromatic heterocycles. The molecule has 14 heavy (non-hydrogen) atoms. The van der Waals surface area contributed by atoms with Gasteiger partial charge in [-0.05, 0) is 6.42 Å². The highest BCUT2D eigenvalue weighted by Crippen LogP contribution is 2.19. The Balaban J connectivity index is 4.54. The molecule has 0 saturated heterocycles. The summed E-state index contributed by atoms with van der Waals surface area (Å²) in [7, 11) is 2.34. The molecule has 0 aliphatic carbocycles. The van der Waals surface area contributed by atoms with Gasteiger partial charge >= 0.3 is 11.9 Å². The van der Waals surface area contributed by atoms with Crippen LogP contribution >= 0.6 is 15.9 Å². The molecule has 6 heteroatoms. The molecule has 1 atom stereocenters. The first-order chi connectivity index (χ1) is 6.50. The Kier molecular flexibility index (Phi) is 5.71. The Hall–Kier alpha value is -0.620. The lowest BCUT2D eigenvalue weighted by Gasteiger charge is -2.22. The van der Waals surface area contributed by atoms with Crippen LogP contribution in [0.5, 0.6) is 0 Å². The van der Waals surface area contributed by atoms with Crippen LogP contribution in [0.15, 0.2) is 0 Å². The average molecular weight is 269 g/mol. The van der Waals surface area contributed by atoms with Crippen molar-refractivity contribution in [3.05, 3.63) is 0 Å². The second kappa shape index (κ2) is 5.98. The molecule has 0 aromatic carbocycles. The third-order valence-corrected chi connectivity index (χ3v) is 2.13. The number of carbonyl (C=O) groups is 2. The standard InChI is InChI=1S/C8H13BrO5/c1-13-6(10)5-8(12,3-4-9)7(11)14-2/h12H,3-5H2,1-2H3. The molecule has 1 N–H and O–H groups in total. The predicted octanol–water partition coefficient (Wildman–Crippen LogP) is 0.239. The monoisotopic (exact) mass is 268 g/mol. The number of methoxy groups -OCH3 is 2. The lowest BCUT2D eigenvalue weighted by molar-refractivity contribution is -0.169. The third-order valence-electron chi connectivity index (χ3n) is 1.74. The molecule has 0 rings (SSSR count). The van der Waals surface area contributed by atoms with Crippen molar-refractivity contribution in [3.8, 4) is 0 Å². The minimum atomic E-state index is -1.80. The second-order valence-corrected chi connectivity index (χ2v) is 3.51. The maximum atomic E-state index is 11.2. The maximum absolute atomic E-state index is 11.2. The Labute approximate surface area is 90.5 Å². The van der Waals surface area contributed by atoms with Gasteiger partial charge < -0.3 is 14.6 Å². The van der Waals surface area contributed by atoms with Gasteiger partial charge in [-0.15, -0.1) is 0 Å². The van der Waals surface area contributed by atoms with Gasteiger partial charge in [-0.2, -0.15) is 0 Å². The van der Waals surface area contributed by atoms with Crippen LogP contribution in [0.1, 0.15) is 12.8 Å². The van der Waals surface area contributed by atoms with E-state index >= 15 is 0 Å². The smallest absolute Gasteiger partial charge is 0.338 e. The zero-order valence-corrected chi connectivity index (χ0v) is 9.67. The van der Waals surface area contributed by atoms with E-state index in [-0.39, 0.29) is 6.42 Å². The molecule has 0 bridgehead atoms. The van der Waals surface area contributed by atoms with Gasteiger partial charge in [0.1, 0.15) is 0 Å². The minimum absolute atomic E-state index is 0.0920. The number of alkyl halides is 1. The van der Waals surface area contributed by atoms with E-state index in [1.807, 2.05) is 0 Å². The fourth-order valence-electron chi connectivity index (χ4n) is 0.920. The quantitative estimate of drug-likeness (QED) is 0.571. The minimum Gasteiger partial charge on any atom is -0.469 e. The molecule has 1 unspecified atom stereocenters. The molecular formula is C8H13BrO5. The molecule has 0 aliphatic heterocycles. The summed E-state index contributed by atoms with van der Waals surface area (Å²) in [6, 6.07) is 0. The van der Waals surface area contributed by atoms with Crippen LogP contribution in [0.2, 0.25) is 0 Å². The van der Waals surface area contributed by atoms with Crippen LogP contribution < -0.4 is 0 Å². The van der Waals surface area contributed by atoms with E-state index in [1.165, 1.54) is 7.11 Å². The Morgan fingerprint density at radius 2 is 1.93 bits per heavy atom. The van der Waals surface area contributed by atoms with Gasteiger partial charge in [0, 0.05) is 5.33 Å². The van der Waals surface area contributed by atoms with Crippen LogP contribution in [0, 0.1) is 0 Å². The molecule has 0 radical (unpaired) electrons. The number of aliphatic hydroxyl groups is 1. The van der Waals surface area contributed by atoms with Crippen LogP contribution in [0.3, 0.4) is 0 Å². The summed E-state index contributed by atoms with van der Waals surface area (Å²) < 4.78 is 8.76. The Bertz CT molecular complexity index is 218. The maximum Gasteiger partial charge on any atom is 0.338 e. The molecule has 0 saturated carbocycles. The van der Waals surface area contributed by atoms with E-state index in [4.69, 9.17) is 0 Å². The number of rotatable bonds is 5. The van der Waals surface area contributed by atoms with Crippen molar-refractivity contribution in [1.29, 1.82) is 0 Å². The topological polar surface area (TPSA) is 72.8 Å². The number of carbonyl (C=O) groups excluding carboxylic acids is 2. The Morgan fingerprint density at radius 3 is 2.29 bits per heavy atom. The van der Waals surface area contributed by atoms with Gasteiger partial charge in [0.25, 0.3) is 0 Å². The van der Waals surface area contributed by atoms with E-state index in [9.17, 15) is 14.7 Å². The van der Waals surface area contributed by atoms with E-state index in [2.05, 4.69) is 25.4 Å². The van der Waals surface area contributed by atoms with Crippen LogP contribution in [0.25, 0.3) is 0 Å². The Morgan fingerprint density at radius 1 is 1.36 bits per heavy atom. The largest absolute Gasteiger partial charge is 0.469 e. The lowest BCUT2D eigenvalue weighted by Crippen LogP contribution is -2.42. The van der Waals surface area contributed by atoms with Gasteiger partial charge in [-0.3, -0.25) is 4.79 Å². The first-order valence-corrected chi connectivity index (χ1v) is 5.06. The van der Waals surface area contributed by atoms with Crippen LogP contribution in [-0.2, 0) is 19.1 Å². The normalized spacial score (nSPS) is 14.3. The highest BCUT2D eigenvalue weighted by atomic mass is 79.9. The van der Waals surface area contributed by atoms with Crippen molar-refractivity contribution in [2.45, 2.75) is 18.4 Å². The summed E-state index contributed by atoms with van der Waals surface area (Å²) in [6.07, 6.45) is -0.309. The number of ether oxygens (including phenoxy) is 2. The summed E-state index contributed by atoms with van der Waals surface area (Å²) >= 11 is 3.07. The predicted molar refractivity (Wildman–Crippen MR) is 52.0 cm³/mol. The first-order valence-electron chi connectivity index (χ1n) is 3.93. The van der Waals surface area contributed by atoms with Crippen molar-refractivity contribution in [3.63, 3.8) is 0 Å². The fourth-order valence-corrected chi connectivity index (χ4v) is 1.58. The van der Waals surface area contributed by atoms with E-state index < -0.39 is 24.0 Å². The molecule has 0 aromatic rings. The zero-order valence-electron chi connectivity index (χ0n) is 8.08. The fraction of sp³-hybridized carbons (Fsp3) is 0.750. The number of halogens is 1. The number of esters is 2. The summed E-state index contributed by atoms with van der Waals surface area (Å²) in [5, 5.41) is 10.2. The summed E-state index contributed by atoms with van der Waals surface area (Å²) in [5.41, 5.74) is -1.80. The average Bonchev–Trinajstić information content (AvgIpc) is 2.16. The SMILES string of the molecule is COC(=O)CC(O)(CCBr)C(=O)OC. The molecule has 82 valence electrons. The van der Waals surface area contributed by atoms with Crippen molar-refractivity contribution in [1.82, 2.24) is 0 Å². The highest BCUT2D eigenvalue weighted by Gasteiger charge is 2.39. The molecule has 0 heterocycles. The molecule has 0 spiro atoms. The van der Waals surface area contributed by atoms with Gasteiger partial charge in [0.15, 0.2) is 5.60 Å². The number of hydrogen-bond acceptors (Lipinski definition) is 5. The van der Waals surface area contributed by atoms with Crippen LogP contribution in [0.4, 0.5) is 0 Å². The van der Waals surface area contributed by atoms with Gasteiger partial charge in [-0.25, -0.2) is 4.79 Å².